The molecule has 100 valence electrons. The third kappa shape index (κ3) is 2.18. The molecule has 0 amide bonds. The van der Waals surface area contributed by atoms with Crippen LogP contribution in [0.5, 0.6) is 5.75 Å². The van der Waals surface area contributed by atoms with Gasteiger partial charge in [0.05, 0.1) is 5.02 Å². The Morgan fingerprint density at radius 2 is 1.85 bits per heavy atom. The van der Waals surface area contributed by atoms with Crippen molar-refractivity contribution in [2.75, 3.05) is 0 Å². The SMILES string of the molecule is O=C(c1ccccc1Cl)c1sc2ccc(Cl)cc2c1O. The molecule has 3 aromatic rings. The second kappa shape index (κ2) is 5.09. The standard InChI is InChI=1S/C15H8Cl2O2S/c16-8-5-6-12-10(7-8)14(19)15(20-12)13(18)9-3-1-2-4-11(9)17/h1-7,19H. The van der Waals surface area contributed by atoms with Crippen molar-refractivity contribution in [3.05, 3.63) is 63.0 Å². The fraction of sp³-hybridized carbons (Fsp3) is 0. The zero-order valence-corrected chi connectivity index (χ0v) is 12.4. The van der Waals surface area contributed by atoms with Crippen molar-refractivity contribution in [2.24, 2.45) is 0 Å². The van der Waals surface area contributed by atoms with Gasteiger partial charge in [-0.2, -0.15) is 0 Å². The Morgan fingerprint density at radius 1 is 1.10 bits per heavy atom. The van der Waals surface area contributed by atoms with Crippen LogP contribution in [0, 0.1) is 0 Å². The van der Waals surface area contributed by atoms with E-state index in [1.165, 1.54) is 11.3 Å². The Kier molecular flexibility index (Phi) is 3.42. The first-order valence-electron chi connectivity index (χ1n) is 5.78. The molecular weight excluding hydrogens is 315 g/mol. The van der Waals surface area contributed by atoms with Gasteiger partial charge in [0.25, 0.3) is 0 Å². The van der Waals surface area contributed by atoms with Gasteiger partial charge in [-0.25, -0.2) is 0 Å². The molecule has 0 aliphatic heterocycles. The van der Waals surface area contributed by atoms with Crippen molar-refractivity contribution >= 4 is 50.4 Å². The Hall–Kier alpha value is -1.55. The van der Waals surface area contributed by atoms with Gasteiger partial charge in [0.2, 0.25) is 5.78 Å². The molecule has 0 spiro atoms. The van der Waals surface area contributed by atoms with Crippen LogP contribution in [0.4, 0.5) is 0 Å². The van der Waals surface area contributed by atoms with E-state index in [2.05, 4.69) is 0 Å². The molecule has 0 fully saturated rings. The van der Waals surface area contributed by atoms with Gasteiger partial charge >= 0.3 is 0 Å². The fourth-order valence-corrected chi connectivity index (χ4v) is 3.40. The summed E-state index contributed by atoms with van der Waals surface area (Å²) in [7, 11) is 0. The monoisotopic (exact) mass is 322 g/mol. The highest BCUT2D eigenvalue weighted by molar-refractivity contribution is 7.21. The predicted molar refractivity (Wildman–Crippen MR) is 83.4 cm³/mol. The summed E-state index contributed by atoms with van der Waals surface area (Å²) in [5.74, 6) is -0.331. The normalized spacial score (nSPS) is 10.9. The van der Waals surface area contributed by atoms with E-state index in [-0.39, 0.29) is 16.4 Å². The van der Waals surface area contributed by atoms with Crippen LogP contribution < -0.4 is 0 Å². The molecule has 2 nitrogen and oxygen atoms in total. The average Bonchev–Trinajstić information content (AvgIpc) is 2.76. The number of thiophene rings is 1. The number of halogens is 2. The summed E-state index contributed by atoms with van der Waals surface area (Å²) < 4.78 is 0.808. The zero-order valence-electron chi connectivity index (χ0n) is 10.1. The summed E-state index contributed by atoms with van der Waals surface area (Å²) in [5, 5.41) is 11.7. The highest BCUT2D eigenvalue weighted by Crippen LogP contribution is 2.39. The minimum atomic E-state index is -0.287. The predicted octanol–water partition coefficient (Wildman–Crippen LogP) is 5.14. The number of fused-ring (bicyclic) bond motifs is 1. The number of hydrogen-bond donors (Lipinski definition) is 1. The molecule has 0 bridgehead atoms. The van der Waals surface area contributed by atoms with Crippen molar-refractivity contribution in [3.8, 4) is 5.75 Å². The van der Waals surface area contributed by atoms with Crippen molar-refractivity contribution in [2.45, 2.75) is 0 Å². The Morgan fingerprint density at radius 3 is 2.60 bits per heavy atom. The first kappa shape index (κ1) is 13.4. The Labute approximate surface area is 129 Å². The van der Waals surface area contributed by atoms with Crippen LogP contribution in [0.25, 0.3) is 10.1 Å². The van der Waals surface area contributed by atoms with Gasteiger partial charge in [0, 0.05) is 20.7 Å². The average molecular weight is 323 g/mol. The number of ketones is 1. The van der Waals surface area contributed by atoms with Crippen LogP contribution in [-0.4, -0.2) is 10.9 Å². The highest BCUT2D eigenvalue weighted by Gasteiger charge is 2.21. The van der Waals surface area contributed by atoms with Gasteiger partial charge in [-0.3, -0.25) is 4.79 Å². The summed E-state index contributed by atoms with van der Waals surface area (Å²) in [4.78, 5) is 12.7. The lowest BCUT2D eigenvalue weighted by atomic mass is 10.1. The number of rotatable bonds is 2. The number of aromatic hydroxyl groups is 1. The molecule has 0 radical (unpaired) electrons. The molecule has 0 saturated carbocycles. The molecule has 1 N–H and O–H groups in total. The van der Waals surface area contributed by atoms with Gasteiger partial charge in [0.1, 0.15) is 10.6 Å². The van der Waals surface area contributed by atoms with E-state index in [1.54, 1.807) is 42.5 Å². The van der Waals surface area contributed by atoms with Crippen molar-refractivity contribution in [1.82, 2.24) is 0 Å². The summed E-state index contributed by atoms with van der Waals surface area (Å²) in [6.45, 7) is 0. The first-order chi connectivity index (χ1) is 9.58. The smallest absolute Gasteiger partial charge is 0.208 e. The third-order valence-electron chi connectivity index (χ3n) is 2.95. The number of carbonyl (C=O) groups excluding carboxylic acids is 1. The van der Waals surface area contributed by atoms with E-state index in [4.69, 9.17) is 23.2 Å². The molecule has 2 aromatic carbocycles. The van der Waals surface area contributed by atoms with Crippen molar-refractivity contribution in [1.29, 1.82) is 0 Å². The second-order valence-electron chi connectivity index (χ2n) is 4.23. The molecule has 3 rings (SSSR count). The molecule has 0 unspecified atom stereocenters. The van der Waals surface area contributed by atoms with Crippen LogP contribution >= 0.6 is 34.5 Å². The van der Waals surface area contributed by atoms with E-state index in [1.807, 2.05) is 0 Å². The molecule has 0 saturated heterocycles. The summed E-state index contributed by atoms with van der Waals surface area (Å²) in [6, 6.07) is 11.9. The lowest BCUT2D eigenvalue weighted by Gasteiger charge is -2.01. The maximum Gasteiger partial charge on any atom is 0.208 e. The molecule has 0 aliphatic rings. The zero-order chi connectivity index (χ0) is 14.3. The van der Waals surface area contributed by atoms with Crippen molar-refractivity contribution < 1.29 is 9.90 Å². The molecule has 1 aromatic heterocycles. The van der Waals surface area contributed by atoms with E-state index in [0.29, 0.717) is 21.0 Å². The lowest BCUT2D eigenvalue weighted by Crippen LogP contribution is -1.99. The molecule has 20 heavy (non-hydrogen) atoms. The third-order valence-corrected chi connectivity index (χ3v) is 4.67. The lowest BCUT2D eigenvalue weighted by molar-refractivity contribution is 0.104. The second-order valence-corrected chi connectivity index (χ2v) is 6.13. The van der Waals surface area contributed by atoms with E-state index < -0.39 is 0 Å². The maximum absolute atomic E-state index is 12.5. The van der Waals surface area contributed by atoms with E-state index in [9.17, 15) is 9.90 Å². The van der Waals surface area contributed by atoms with Crippen LogP contribution in [0.15, 0.2) is 42.5 Å². The Bertz CT molecular complexity index is 824. The maximum atomic E-state index is 12.5. The molecule has 1 heterocycles. The summed E-state index contributed by atoms with van der Waals surface area (Å²) in [6.07, 6.45) is 0. The largest absolute Gasteiger partial charge is 0.506 e. The van der Waals surface area contributed by atoms with E-state index in [0.717, 1.165) is 4.70 Å². The van der Waals surface area contributed by atoms with E-state index >= 15 is 0 Å². The molecule has 5 heteroatoms. The summed E-state index contributed by atoms with van der Waals surface area (Å²) in [5.41, 5.74) is 0.377. The van der Waals surface area contributed by atoms with Crippen LogP contribution in [0.1, 0.15) is 15.2 Å². The van der Waals surface area contributed by atoms with Gasteiger partial charge in [-0.1, -0.05) is 35.3 Å². The molecule has 0 aliphatic carbocycles. The highest BCUT2D eigenvalue weighted by atomic mass is 35.5. The fourth-order valence-electron chi connectivity index (χ4n) is 1.98. The van der Waals surface area contributed by atoms with Crippen LogP contribution in [0.3, 0.4) is 0 Å². The minimum absolute atomic E-state index is 0.0441. The van der Waals surface area contributed by atoms with Crippen LogP contribution in [-0.2, 0) is 0 Å². The topological polar surface area (TPSA) is 37.3 Å². The number of benzene rings is 2. The van der Waals surface area contributed by atoms with Gasteiger partial charge in [0.15, 0.2) is 0 Å². The van der Waals surface area contributed by atoms with Gasteiger partial charge in [-0.15, -0.1) is 11.3 Å². The Balaban J connectivity index is 2.18. The minimum Gasteiger partial charge on any atom is -0.506 e. The van der Waals surface area contributed by atoms with Crippen LogP contribution in [0.2, 0.25) is 10.0 Å². The molecular formula is C15H8Cl2O2S. The quantitative estimate of drug-likeness (QED) is 0.663. The number of carbonyl (C=O) groups is 1. The van der Waals surface area contributed by atoms with Crippen molar-refractivity contribution in [3.63, 3.8) is 0 Å². The van der Waals surface area contributed by atoms with Gasteiger partial charge < -0.3 is 5.11 Å². The number of hydrogen-bond acceptors (Lipinski definition) is 3. The summed E-state index contributed by atoms with van der Waals surface area (Å²) >= 11 is 13.2. The molecule has 0 atom stereocenters. The first-order valence-corrected chi connectivity index (χ1v) is 7.35. The van der Waals surface area contributed by atoms with Gasteiger partial charge in [-0.05, 0) is 30.3 Å².